The number of aliphatic carboxylic acids is 1. The molecule has 1 fully saturated rings. The summed E-state index contributed by atoms with van der Waals surface area (Å²) in [5.41, 5.74) is 0. The minimum absolute atomic E-state index is 0.0168. The molecule has 1 aliphatic carbocycles. The molecule has 0 aromatic heterocycles. The first-order chi connectivity index (χ1) is 8.04. The Kier molecular flexibility index (Phi) is 5.21. The molecule has 0 bridgehead atoms. The average Bonchev–Trinajstić information content (AvgIpc) is 2.63. The van der Waals surface area contributed by atoms with E-state index in [4.69, 9.17) is 10.2 Å². The number of nitrogens with one attached hydrogen (secondary N) is 2. The summed E-state index contributed by atoms with van der Waals surface area (Å²) in [5.74, 6) is -0.699. The maximum absolute atomic E-state index is 11.6. The fourth-order valence-corrected chi connectivity index (χ4v) is 2.11. The standard InChI is InChI=1S/C11H20N2O4/c1-7-3-2-4-8(7)12-11(17)13-9(5-6-14)10(15)16/h7-9,14H,2-6H2,1H3,(H,15,16)(H2,12,13,17)/t7?,8?,9-/m0/s1. The van der Waals surface area contributed by atoms with Gasteiger partial charge >= 0.3 is 12.0 Å². The first-order valence-electron chi connectivity index (χ1n) is 5.95. The van der Waals surface area contributed by atoms with Gasteiger partial charge in [-0.25, -0.2) is 9.59 Å². The van der Waals surface area contributed by atoms with Crippen LogP contribution in [0.5, 0.6) is 0 Å². The van der Waals surface area contributed by atoms with Crippen molar-refractivity contribution in [1.82, 2.24) is 10.6 Å². The van der Waals surface area contributed by atoms with Gasteiger partial charge in [0, 0.05) is 19.1 Å². The van der Waals surface area contributed by atoms with Crippen molar-refractivity contribution in [3.63, 3.8) is 0 Å². The van der Waals surface area contributed by atoms with Gasteiger partial charge in [0.25, 0.3) is 0 Å². The Hall–Kier alpha value is -1.30. The molecule has 4 N–H and O–H groups in total. The number of carboxylic acids is 1. The van der Waals surface area contributed by atoms with E-state index in [1.807, 2.05) is 0 Å². The second kappa shape index (κ2) is 6.44. The van der Waals surface area contributed by atoms with E-state index in [-0.39, 0.29) is 19.1 Å². The third-order valence-corrected chi connectivity index (χ3v) is 3.20. The lowest BCUT2D eigenvalue weighted by Crippen LogP contribution is -2.49. The number of carboxylic acid groups (broad SMARTS) is 1. The van der Waals surface area contributed by atoms with E-state index in [1.165, 1.54) is 0 Å². The van der Waals surface area contributed by atoms with Crippen molar-refractivity contribution >= 4 is 12.0 Å². The molecular weight excluding hydrogens is 224 g/mol. The summed E-state index contributed by atoms with van der Waals surface area (Å²) in [6.07, 6.45) is 3.13. The van der Waals surface area contributed by atoms with Crippen molar-refractivity contribution in [2.24, 2.45) is 5.92 Å². The molecule has 6 heteroatoms. The van der Waals surface area contributed by atoms with E-state index in [9.17, 15) is 9.59 Å². The molecule has 3 atom stereocenters. The molecule has 0 heterocycles. The fraction of sp³-hybridized carbons (Fsp3) is 0.818. The van der Waals surface area contributed by atoms with Crippen molar-refractivity contribution in [3.8, 4) is 0 Å². The highest BCUT2D eigenvalue weighted by molar-refractivity contribution is 5.82. The minimum Gasteiger partial charge on any atom is -0.480 e. The van der Waals surface area contributed by atoms with Gasteiger partial charge in [0.15, 0.2) is 0 Å². The predicted octanol–water partition coefficient (Wildman–Crippen LogP) is 0.310. The molecule has 0 aromatic rings. The Bertz CT molecular complexity index is 283. The third-order valence-electron chi connectivity index (χ3n) is 3.20. The Labute approximate surface area is 100 Å². The summed E-state index contributed by atoms with van der Waals surface area (Å²) < 4.78 is 0. The lowest BCUT2D eigenvalue weighted by atomic mass is 10.1. The Morgan fingerprint density at radius 3 is 2.59 bits per heavy atom. The Morgan fingerprint density at radius 1 is 1.41 bits per heavy atom. The van der Waals surface area contributed by atoms with Crippen LogP contribution in [0, 0.1) is 5.92 Å². The SMILES string of the molecule is CC1CCCC1NC(=O)N[C@@H](CCO)C(=O)O. The minimum atomic E-state index is -1.13. The van der Waals surface area contributed by atoms with Crippen LogP contribution in [0.15, 0.2) is 0 Å². The number of hydrogen-bond donors (Lipinski definition) is 4. The number of urea groups is 1. The monoisotopic (exact) mass is 244 g/mol. The Morgan fingerprint density at radius 2 is 2.12 bits per heavy atom. The lowest BCUT2D eigenvalue weighted by molar-refractivity contribution is -0.139. The number of hydrogen-bond acceptors (Lipinski definition) is 3. The van der Waals surface area contributed by atoms with Crippen LogP contribution in [0.25, 0.3) is 0 Å². The van der Waals surface area contributed by atoms with E-state index in [1.54, 1.807) is 0 Å². The van der Waals surface area contributed by atoms with Gasteiger partial charge in [0.05, 0.1) is 0 Å². The van der Waals surface area contributed by atoms with Crippen molar-refractivity contribution in [1.29, 1.82) is 0 Å². The smallest absolute Gasteiger partial charge is 0.326 e. The molecule has 2 unspecified atom stereocenters. The highest BCUT2D eigenvalue weighted by Crippen LogP contribution is 2.24. The first-order valence-corrected chi connectivity index (χ1v) is 5.95. The van der Waals surface area contributed by atoms with E-state index < -0.39 is 18.0 Å². The number of carbonyl (C=O) groups is 2. The first kappa shape index (κ1) is 13.8. The van der Waals surface area contributed by atoms with Crippen molar-refractivity contribution in [2.45, 2.75) is 44.7 Å². The van der Waals surface area contributed by atoms with Gasteiger partial charge in [-0.3, -0.25) is 0 Å². The Balaban J connectivity index is 2.39. The van der Waals surface area contributed by atoms with Crippen LogP contribution >= 0.6 is 0 Å². The van der Waals surface area contributed by atoms with E-state index >= 15 is 0 Å². The summed E-state index contributed by atoms with van der Waals surface area (Å²) in [7, 11) is 0. The maximum Gasteiger partial charge on any atom is 0.326 e. The van der Waals surface area contributed by atoms with Crippen LogP contribution < -0.4 is 10.6 Å². The number of rotatable bonds is 5. The molecule has 1 saturated carbocycles. The van der Waals surface area contributed by atoms with Crippen LogP contribution in [0.3, 0.4) is 0 Å². The number of aliphatic hydroxyl groups excluding tert-OH is 1. The molecular formula is C11H20N2O4. The van der Waals surface area contributed by atoms with Gasteiger partial charge < -0.3 is 20.8 Å². The summed E-state index contributed by atoms with van der Waals surface area (Å²) in [6, 6.07) is -1.38. The zero-order valence-corrected chi connectivity index (χ0v) is 9.98. The molecule has 0 aromatic carbocycles. The highest BCUT2D eigenvalue weighted by atomic mass is 16.4. The zero-order valence-electron chi connectivity index (χ0n) is 9.98. The molecule has 6 nitrogen and oxygen atoms in total. The average molecular weight is 244 g/mol. The van der Waals surface area contributed by atoms with Crippen molar-refractivity contribution in [3.05, 3.63) is 0 Å². The molecule has 0 radical (unpaired) electrons. The molecule has 17 heavy (non-hydrogen) atoms. The van der Waals surface area contributed by atoms with Crippen LogP contribution in [0.1, 0.15) is 32.6 Å². The fourth-order valence-electron chi connectivity index (χ4n) is 2.11. The summed E-state index contributed by atoms with van der Waals surface area (Å²) in [5, 5.41) is 22.6. The highest BCUT2D eigenvalue weighted by Gasteiger charge is 2.26. The van der Waals surface area contributed by atoms with Gasteiger partial charge in [0.1, 0.15) is 6.04 Å². The van der Waals surface area contributed by atoms with Gasteiger partial charge in [-0.1, -0.05) is 13.3 Å². The number of aliphatic hydroxyl groups is 1. The lowest BCUT2D eigenvalue weighted by Gasteiger charge is -2.20. The molecule has 1 aliphatic rings. The van der Waals surface area contributed by atoms with E-state index in [0.717, 1.165) is 19.3 Å². The van der Waals surface area contributed by atoms with E-state index in [0.29, 0.717) is 5.92 Å². The maximum atomic E-state index is 11.6. The third kappa shape index (κ3) is 4.22. The number of carbonyl (C=O) groups excluding carboxylic acids is 1. The predicted molar refractivity (Wildman–Crippen MR) is 61.6 cm³/mol. The van der Waals surface area contributed by atoms with Gasteiger partial charge in [-0.15, -0.1) is 0 Å². The molecule has 98 valence electrons. The molecule has 1 rings (SSSR count). The van der Waals surface area contributed by atoms with Crippen LogP contribution in [-0.2, 0) is 4.79 Å². The van der Waals surface area contributed by atoms with E-state index in [2.05, 4.69) is 17.6 Å². The second-order valence-electron chi connectivity index (χ2n) is 4.54. The summed E-state index contributed by atoms with van der Waals surface area (Å²) in [6.45, 7) is 1.80. The molecule has 2 amide bonds. The quantitative estimate of drug-likeness (QED) is 0.559. The molecule has 0 saturated heterocycles. The van der Waals surface area contributed by atoms with Gasteiger partial charge in [0.2, 0.25) is 0 Å². The zero-order chi connectivity index (χ0) is 12.8. The van der Waals surface area contributed by atoms with Gasteiger partial charge in [-0.05, 0) is 18.8 Å². The van der Waals surface area contributed by atoms with Crippen LogP contribution in [-0.4, -0.2) is 40.9 Å². The number of amides is 2. The van der Waals surface area contributed by atoms with Crippen molar-refractivity contribution < 1.29 is 19.8 Å². The molecule has 0 spiro atoms. The normalized spacial score (nSPS) is 25.3. The summed E-state index contributed by atoms with van der Waals surface area (Å²) in [4.78, 5) is 22.3. The largest absolute Gasteiger partial charge is 0.480 e. The van der Waals surface area contributed by atoms with Crippen molar-refractivity contribution in [2.75, 3.05) is 6.61 Å². The topological polar surface area (TPSA) is 98.7 Å². The summed E-state index contributed by atoms with van der Waals surface area (Å²) >= 11 is 0. The van der Waals surface area contributed by atoms with Crippen LogP contribution in [0.4, 0.5) is 4.79 Å². The molecule has 0 aliphatic heterocycles. The van der Waals surface area contributed by atoms with Crippen LogP contribution in [0.2, 0.25) is 0 Å². The second-order valence-corrected chi connectivity index (χ2v) is 4.54. The van der Waals surface area contributed by atoms with Gasteiger partial charge in [-0.2, -0.15) is 0 Å².